The van der Waals surface area contributed by atoms with Gasteiger partial charge in [0.2, 0.25) is 0 Å². The summed E-state index contributed by atoms with van der Waals surface area (Å²) in [6, 6.07) is 15.1. The lowest BCUT2D eigenvalue weighted by Crippen LogP contribution is -2.40. The molecule has 2 aromatic carbocycles. The number of carboxylic acids is 1. The molecule has 0 bridgehead atoms. The SMILES string of the molecule is O=C(NCc1ncc(C(=O)N2C[C@@H](O)C[C@H]2C(=O)O)s1)OCC1c2ccccc2-c2ccccc21. The van der Waals surface area contributed by atoms with E-state index in [1.807, 2.05) is 36.4 Å². The van der Waals surface area contributed by atoms with Crippen LogP contribution in [0.2, 0.25) is 0 Å². The van der Waals surface area contributed by atoms with Crippen LogP contribution in [0.3, 0.4) is 0 Å². The normalized spacial score (nSPS) is 18.7. The molecule has 0 spiro atoms. The first-order valence-corrected chi connectivity index (χ1v) is 12.0. The Hall–Kier alpha value is -3.76. The zero-order chi connectivity index (χ0) is 24.5. The van der Waals surface area contributed by atoms with Gasteiger partial charge >= 0.3 is 12.1 Å². The number of hydrogen-bond donors (Lipinski definition) is 3. The molecule has 0 radical (unpaired) electrons. The van der Waals surface area contributed by atoms with Crippen LogP contribution in [0.1, 0.15) is 38.1 Å². The minimum atomic E-state index is -1.16. The highest BCUT2D eigenvalue weighted by Gasteiger charge is 2.39. The quantitative estimate of drug-likeness (QED) is 0.482. The molecule has 2 atom stereocenters. The zero-order valence-electron chi connectivity index (χ0n) is 18.6. The van der Waals surface area contributed by atoms with E-state index < -0.39 is 30.1 Å². The molecule has 0 saturated carbocycles. The molecular formula is C25H23N3O6S. The van der Waals surface area contributed by atoms with E-state index in [4.69, 9.17) is 4.74 Å². The molecule has 1 fully saturated rings. The molecule has 1 aliphatic carbocycles. The molecular weight excluding hydrogens is 470 g/mol. The van der Waals surface area contributed by atoms with Crippen molar-refractivity contribution in [1.82, 2.24) is 15.2 Å². The maximum Gasteiger partial charge on any atom is 0.407 e. The number of aromatic nitrogens is 1. The van der Waals surface area contributed by atoms with E-state index in [9.17, 15) is 24.6 Å². The van der Waals surface area contributed by atoms with Crippen molar-refractivity contribution in [3.05, 3.63) is 75.7 Å². The molecule has 3 N–H and O–H groups in total. The van der Waals surface area contributed by atoms with Crippen LogP contribution in [0.25, 0.3) is 11.1 Å². The molecule has 1 aromatic heterocycles. The fraction of sp³-hybridized carbons (Fsp3) is 0.280. The van der Waals surface area contributed by atoms with Gasteiger partial charge in [0, 0.05) is 18.9 Å². The Morgan fingerprint density at radius 2 is 1.74 bits per heavy atom. The summed E-state index contributed by atoms with van der Waals surface area (Å²) < 4.78 is 5.51. The highest BCUT2D eigenvalue weighted by molar-refractivity contribution is 7.13. The average Bonchev–Trinajstić information content (AvgIpc) is 3.57. The van der Waals surface area contributed by atoms with Gasteiger partial charge in [-0.3, -0.25) is 4.79 Å². The third-order valence-corrected chi connectivity index (χ3v) is 7.30. The molecule has 5 rings (SSSR count). The number of amides is 2. The number of hydrogen-bond acceptors (Lipinski definition) is 7. The molecule has 1 aliphatic heterocycles. The number of rotatable bonds is 6. The molecule has 2 amide bonds. The van der Waals surface area contributed by atoms with Crippen molar-refractivity contribution < 1.29 is 29.3 Å². The van der Waals surface area contributed by atoms with Gasteiger partial charge in [0.05, 0.1) is 18.8 Å². The number of nitrogens with one attached hydrogen (secondary N) is 1. The predicted octanol–water partition coefficient (Wildman–Crippen LogP) is 2.84. The maximum absolute atomic E-state index is 12.7. The van der Waals surface area contributed by atoms with Crippen molar-refractivity contribution in [1.29, 1.82) is 0 Å². The number of carbonyl (C=O) groups excluding carboxylic acids is 2. The number of fused-ring (bicyclic) bond motifs is 3. The molecule has 9 nitrogen and oxygen atoms in total. The van der Waals surface area contributed by atoms with Crippen LogP contribution in [0.5, 0.6) is 0 Å². The van der Waals surface area contributed by atoms with E-state index in [-0.39, 0.29) is 36.9 Å². The molecule has 2 aliphatic rings. The number of alkyl carbamates (subject to hydrolysis) is 1. The van der Waals surface area contributed by atoms with Crippen molar-refractivity contribution in [3.63, 3.8) is 0 Å². The Balaban J connectivity index is 1.17. The first kappa shape index (κ1) is 23.0. The predicted molar refractivity (Wildman–Crippen MR) is 127 cm³/mol. The van der Waals surface area contributed by atoms with Gasteiger partial charge in [-0.2, -0.15) is 0 Å². The Bertz CT molecular complexity index is 1250. The number of aliphatic hydroxyl groups excluding tert-OH is 1. The molecule has 2 heterocycles. The molecule has 3 aromatic rings. The number of benzene rings is 2. The fourth-order valence-corrected chi connectivity index (χ4v) is 5.52. The van der Waals surface area contributed by atoms with E-state index in [1.54, 1.807) is 0 Å². The third-order valence-electron chi connectivity index (χ3n) is 6.32. The lowest BCUT2D eigenvalue weighted by Gasteiger charge is -2.19. The second kappa shape index (κ2) is 9.47. The fourth-order valence-electron chi connectivity index (χ4n) is 4.70. The Morgan fingerprint density at radius 3 is 2.40 bits per heavy atom. The lowest BCUT2D eigenvalue weighted by atomic mass is 9.98. The van der Waals surface area contributed by atoms with Gasteiger partial charge in [0.15, 0.2) is 0 Å². The van der Waals surface area contributed by atoms with Crippen LogP contribution in [0.4, 0.5) is 4.79 Å². The largest absolute Gasteiger partial charge is 0.480 e. The summed E-state index contributed by atoms with van der Waals surface area (Å²) >= 11 is 1.06. The van der Waals surface area contributed by atoms with Crippen LogP contribution in [-0.4, -0.2) is 63.4 Å². The summed E-state index contributed by atoms with van der Waals surface area (Å²) in [5.74, 6) is -1.70. The number of likely N-dealkylation sites (tertiary alicyclic amines) is 1. The van der Waals surface area contributed by atoms with Gasteiger partial charge in [-0.15, -0.1) is 11.3 Å². The third kappa shape index (κ3) is 4.50. The van der Waals surface area contributed by atoms with Crippen LogP contribution in [0.15, 0.2) is 54.7 Å². The van der Waals surface area contributed by atoms with Crippen molar-refractivity contribution in [2.24, 2.45) is 0 Å². The number of thiazole rings is 1. The minimum absolute atomic E-state index is 0.00389. The second-order valence-electron chi connectivity index (χ2n) is 8.50. The number of carboxylic acid groups (broad SMARTS) is 1. The van der Waals surface area contributed by atoms with E-state index in [1.165, 1.54) is 6.20 Å². The smallest absolute Gasteiger partial charge is 0.407 e. The molecule has 1 saturated heterocycles. The first-order chi connectivity index (χ1) is 16.9. The highest BCUT2D eigenvalue weighted by Crippen LogP contribution is 2.44. The molecule has 10 heteroatoms. The standard InChI is InChI=1S/C25H23N3O6S/c29-14-9-20(24(31)32)28(12-14)23(30)21-10-26-22(35-21)11-27-25(33)34-13-19-17-7-3-1-5-15(17)16-6-2-4-8-18(16)19/h1-8,10,14,19-20,29H,9,11-13H2,(H,27,33)(H,31,32)/t14-,20-/m0/s1. The summed E-state index contributed by atoms with van der Waals surface area (Å²) in [5, 5.41) is 22.2. The number of nitrogens with zero attached hydrogens (tertiary/aromatic N) is 2. The topological polar surface area (TPSA) is 129 Å². The summed E-state index contributed by atoms with van der Waals surface area (Å²) in [6.07, 6.45) is -0.118. The van der Waals surface area contributed by atoms with E-state index in [0.29, 0.717) is 5.01 Å². The Morgan fingerprint density at radius 1 is 1.09 bits per heavy atom. The lowest BCUT2D eigenvalue weighted by molar-refractivity contribution is -0.141. The summed E-state index contributed by atoms with van der Waals surface area (Å²) in [4.78, 5) is 42.0. The van der Waals surface area contributed by atoms with Crippen molar-refractivity contribution in [2.45, 2.75) is 31.0 Å². The number of ether oxygens (including phenoxy) is 1. The minimum Gasteiger partial charge on any atom is -0.480 e. The number of β-amino-alcohol motifs (C(OH)–C–C–N with tert-alkyl or cyclic N) is 1. The zero-order valence-corrected chi connectivity index (χ0v) is 19.4. The van der Waals surface area contributed by atoms with Crippen molar-refractivity contribution in [2.75, 3.05) is 13.2 Å². The summed E-state index contributed by atoms with van der Waals surface area (Å²) in [5.41, 5.74) is 4.54. The Kier molecular flexibility index (Phi) is 6.23. The van der Waals surface area contributed by atoms with Gasteiger partial charge in [0.25, 0.3) is 5.91 Å². The van der Waals surface area contributed by atoms with Crippen LogP contribution in [0, 0.1) is 0 Å². The van der Waals surface area contributed by atoms with Crippen molar-refractivity contribution in [3.8, 4) is 11.1 Å². The van der Waals surface area contributed by atoms with Crippen LogP contribution in [-0.2, 0) is 16.1 Å². The molecule has 0 unspecified atom stereocenters. The summed E-state index contributed by atoms with van der Waals surface area (Å²) in [6.45, 7) is 0.218. The van der Waals surface area contributed by atoms with Crippen molar-refractivity contribution >= 4 is 29.3 Å². The van der Waals surface area contributed by atoms with Gasteiger partial charge in [-0.25, -0.2) is 14.6 Å². The van der Waals surface area contributed by atoms with Crippen LogP contribution < -0.4 is 5.32 Å². The second-order valence-corrected chi connectivity index (χ2v) is 9.61. The maximum atomic E-state index is 12.7. The number of aliphatic hydroxyl groups is 1. The first-order valence-electron chi connectivity index (χ1n) is 11.2. The summed E-state index contributed by atoms with van der Waals surface area (Å²) in [7, 11) is 0. The average molecular weight is 494 g/mol. The monoisotopic (exact) mass is 493 g/mol. The Labute approximate surface area is 205 Å². The van der Waals surface area contributed by atoms with Gasteiger partial charge in [0.1, 0.15) is 22.5 Å². The highest BCUT2D eigenvalue weighted by atomic mass is 32.1. The van der Waals surface area contributed by atoms with Gasteiger partial charge < -0.3 is 25.2 Å². The van der Waals surface area contributed by atoms with Gasteiger partial charge in [-0.05, 0) is 22.3 Å². The number of carbonyl (C=O) groups is 3. The number of aliphatic carboxylic acids is 1. The molecule has 180 valence electrons. The molecule has 35 heavy (non-hydrogen) atoms. The van der Waals surface area contributed by atoms with Crippen LogP contribution >= 0.6 is 11.3 Å². The van der Waals surface area contributed by atoms with E-state index in [2.05, 4.69) is 22.4 Å². The van der Waals surface area contributed by atoms with Gasteiger partial charge in [-0.1, -0.05) is 48.5 Å². The van der Waals surface area contributed by atoms with E-state index >= 15 is 0 Å². The van der Waals surface area contributed by atoms with E-state index in [0.717, 1.165) is 38.5 Å².